The van der Waals surface area contributed by atoms with Gasteiger partial charge >= 0.3 is 0 Å². The maximum Gasteiger partial charge on any atom is 0.0470 e. The molecule has 0 saturated heterocycles. The average Bonchev–Trinajstić information content (AvgIpc) is 2.25. The van der Waals surface area contributed by atoms with Crippen molar-refractivity contribution in [2.75, 3.05) is 19.5 Å². The minimum atomic E-state index is 0.494. The van der Waals surface area contributed by atoms with Crippen molar-refractivity contribution in [3.63, 3.8) is 0 Å². The van der Waals surface area contributed by atoms with Crippen molar-refractivity contribution < 1.29 is 4.74 Å². The van der Waals surface area contributed by atoms with Gasteiger partial charge in [-0.25, -0.2) is 0 Å². The highest BCUT2D eigenvalue weighted by Crippen LogP contribution is 2.25. The van der Waals surface area contributed by atoms with Crippen molar-refractivity contribution in [2.24, 2.45) is 5.73 Å². The number of methoxy groups -OCH3 is 1. The Labute approximate surface area is 100 Å². The summed E-state index contributed by atoms with van der Waals surface area (Å²) in [6.07, 6.45) is 1.05. The van der Waals surface area contributed by atoms with Crippen LogP contribution in [-0.4, -0.2) is 19.5 Å². The molecule has 0 bridgehead atoms. The molecular weight excluding hydrogens is 230 g/mol. The van der Waals surface area contributed by atoms with E-state index >= 15 is 0 Å². The third-order valence-corrected chi connectivity index (χ3v) is 3.44. The van der Waals surface area contributed by atoms with E-state index in [-0.39, 0.29) is 0 Å². The zero-order valence-corrected chi connectivity index (χ0v) is 10.4. The van der Waals surface area contributed by atoms with Gasteiger partial charge < -0.3 is 10.5 Å². The van der Waals surface area contributed by atoms with E-state index in [0.717, 1.165) is 29.4 Å². The van der Waals surface area contributed by atoms with Gasteiger partial charge in [0.2, 0.25) is 0 Å². The monoisotopic (exact) mass is 245 g/mol. The Kier molecular flexibility index (Phi) is 6.10. The highest BCUT2D eigenvalue weighted by Gasteiger charge is 2.00. The molecule has 0 unspecified atom stereocenters. The van der Waals surface area contributed by atoms with E-state index in [1.54, 1.807) is 18.9 Å². The lowest BCUT2D eigenvalue weighted by Crippen LogP contribution is -1.97. The van der Waals surface area contributed by atoms with Gasteiger partial charge in [-0.05, 0) is 24.1 Å². The van der Waals surface area contributed by atoms with Crippen LogP contribution in [0.25, 0.3) is 0 Å². The second-order valence-electron chi connectivity index (χ2n) is 3.15. The van der Waals surface area contributed by atoms with Crippen LogP contribution in [0.3, 0.4) is 0 Å². The number of hydrogen-bond acceptors (Lipinski definition) is 3. The molecule has 0 saturated carbocycles. The van der Waals surface area contributed by atoms with Crippen LogP contribution in [0.1, 0.15) is 12.0 Å². The fourth-order valence-electron chi connectivity index (χ4n) is 1.18. The number of benzene rings is 1. The highest BCUT2D eigenvalue weighted by atomic mass is 35.5. The van der Waals surface area contributed by atoms with Gasteiger partial charge in [0, 0.05) is 35.9 Å². The van der Waals surface area contributed by atoms with E-state index in [2.05, 4.69) is 6.07 Å². The molecule has 0 aromatic heterocycles. The Bertz CT molecular complexity index is 307. The lowest BCUT2D eigenvalue weighted by atomic mass is 10.2. The first kappa shape index (κ1) is 12.8. The third kappa shape index (κ3) is 4.43. The van der Waals surface area contributed by atoms with Gasteiger partial charge in [-0.1, -0.05) is 17.7 Å². The van der Waals surface area contributed by atoms with Gasteiger partial charge in [0.1, 0.15) is 0 Å². The normalized spacial score (nSPS) is 10.6. The first-order valence-corrected chi connectivity index (χ1v) is 6.24. The molecule has 1 rings (SSSR count). The van der Waals surface area contributed by atoms with Crippen LogP contribution in [0.4, 0.5) is 0 Å². The van der Waals surface area contributed by atoms with Crippen LogP contribution < -0.4 is 5.73 Å². The summed E-state index contributed by atoms with van der Waals surface area (Å²) in [5.41, 5.74) is 6.53. The molecule has 4 heteroatoms. The fourth-order valence-corrected chi connectivity index (χ4v) is 2.36. The molecule has 0 fully saturated rings. The van der Waals surface area contributed by atoms with E-state index in [4.69, 9.17) is 22.1 Å². The molecular formula is C11H16ClNOS. The smallest absolute Gasteiger partial charge is 0.0470 e. The SMILES string of the molecule is COCCCSc1ccc(CN)c(Cl)c1. The molecule has 0 aliphatic carbocycles. The lowest BCUT2D eigenvalue weighted by Gasteiger charge is -2.05. The first-order valence-electron chi connectivity index (χ1n) is 4.88. The zero-order chi connectivity index (χ0) is 11.1. The maximum absolute atomic E-state index is 6.05. The largest absolute Gasteiger partial charge is 0.385 e. The fraction of sp³-hybridized carbons (Fsp3) is 0.455. The van der Waals surface area contributed by atoms with Crippen LogP contribution in [-0.2, 0) is 11.3 Å². The second kappa shape index (κ2) is 7.12. The molecule has 2 nitrogen and oxygen atoms in total. The minimum Gasteiger partial charge on any atom is -0.385 e. The number of rotatable bonds is 6. The van der Waals surface area contributed by atoms with Crippen LogP contribution in [0.5, 0.6) is 0 Å². The van der Waals surface area contributed by atoms with Crippen LogP contribution in [0.15, 0.2) is 23.1 Å². The Hall–Kier alpha value is -0.220. The summed E-state index contributed by atoms with van der Waals surface area (Å²) in [7, 11) is 1.72. The lowest BCUT2D eigenvalue weighted by molar-refractivity contribution is 0.200. The number of nitrogens with two attached hydrogens (primary N) is 1. The van der Waals surface area contributed by atoms with E-state index in [0.29, 0.717) is 6.54 Å². The topological polar surface area (TPSA) is 35.2 Å². The van der Waals surface area contributed by atoms with Crippen LogP contribution in [0, 0.1) is 0 Å². The molecule has 1 aromatic carbocycles. The molecule has 15 heavy (non-hydrogen) atoms. The Morgan fingerprint density at radius 2 is 2.27 bits per heavy atom. The van der Waals surface area contributed by atoms with Crippen molar-refractivity contribution in [2.45, 2.75) is 17.9 Å². The molecule has 84 valence electrons. The van der Waals surface area contributed by atoms with Gasteiger partial charge in [0.25, 0.3) is 0 Å². The number of hydrogen-bond donors (Lipinski definition) is 1. The van der Waals surface area contributed by atoms with Gasteiger partial charge in [-0.3, -0.25) is 0 Å². The number of halogens is 1. The summed E-state index contributed by atoms with van der Waals surface area (Å²) in [5, 5.41) is 0.759. The van der Waals surface area contributed by atoms with Crippen molar-refractivity contribution in [1.29, 1.82) is 0 Å². The van der Waals surface area contributed by atoms with E-state index in [9.17, 15) is 0 Å². The summed E-state index contributed by atoms with van der Waals surface area (Å²) in [4.78, 5) is 1.19. The Morgan fingerprint density at radius 3 is 2.87 bits per heavy atom. The summed E-state index contributed by atoms with van der Waals surface area (Å²) < 4.78 is 4.98. The third-order valence-electron chi connectivity index (χ3n) is 2.01. The highest BCUT2D eigenvalue weighted by molar-refractivity contribution is 7.99. The van der Waals surface area contributed by atoms with E-state index in [1.807, 2.05) is 12.1 Å². The summed E-state index contributed by atoms with van der Waals surface area (Å²) in [6, 6.07) is 6.02. The van der Waals surface area contributed by atoms with Crippen molar-refractivity contribution in [3.05, 3.63) is 28.8 Å². The van der Waals surface area contributed by atoms with Gasteiger partial charge in [-0.2, -0.15) is 0 Å². The van der Waals surface area contributed by atoms with Crippen molar-refractivity contribution in [3.8, 4) is 0 Å². The summed E-state index contributed by atoms with van der Waals surface area (Å²) in [5.74, 6) is 1.05. The molecule has 0 amide bonds. The molecule has 0 aliphatic rings. The van der Waals surface area contributed by atoms with Crippen molar-refractivity contribution >= 4 is 23.4 Å². The molecule has 1 aromatic rings. The minimum absolute atomic E-state index is 0.494. The van der Waals surface area contributed by atoms with Gasteiger partial charge in [0.05, 0.1) is 0 Å². The molecule has 0 atom stereocenters. The summed E-state index contributed by atoms with van der Waals surface area (Å²) >= 11 is 7.84. The molecule has 0 spiro atoms. The van der Waals surface area contributed by atoms with Crippen LogP contribution in [0.2, 0.25) is 5.02 Å². The molecule has 2 N–H and O–H groups in total. The first-order chi connectivity index (χ1) is 7.27. The summed E-state index contributed by atoms with van der Waals surface area (Å²) in [6.45, 7) is 1.30. The molecule has 0 aliphatic heterocycles. The number of ether oxygens (including phenoxy) is 1. The average molecular weight is 246 g/mol. The number of thioether (sulfide) groups is 1. The van der Waals surface area contributed by atoms with E-state index in [1.165, 1.54) is 4.90 Å². The predicted molar refractivity (Wildman–Crippen MR) is 66.6 cm³/mol. The molecule has 0 radical (unpaired) electrons. The van der Waals surface area contributed by atoms with Gasteiger partial charge in [-0.15, -0.1) is 11.8 Å². The van der Waals surface area contributed by atoms with Crippen molar-refractivity contribution in [1.82, 2.24) is 0 Å². The Balaban J connectivity index is 2.45. The quantitative estimate of drug-likeness (QED) is 0.618. The molecule has 0 heterocycles. The van der Waals surface area contributed by atoms with Gasteiger partial charge in [0.15, 0.2) is 0 Å². The maximum atomic E-state index is 6.05. The Morgan fingerprint density at radius 1 is 1.47 bits per heavy atom. The van der Waals surface area contributed by atoms with E-state index < -0.39 is 0 Å². The predicted octanol–water partition coefficient (Wildman–Crippen LogP) is 2.93. The standard InChI is InChI=1S/C11H16ClNOS/c1-14-5-2-6-15-10-4-3-9(8-13)11(12)7-10/h3-4,7H,2,5-6,8,13H2,1H3. The second-order valence-corrected chi connectivity index (χ2v) is 4.73. The zero-order valence-electron chi connectivity index (χ0n) is 8.83. The van der Waals surface area contributed by atoms with Crippen LogP contribution >= 0.6 is 23.4 Å².